The molecule has 1 atom stereocenters. The molecule has 0 unspecified atom stereocenters. The van der Waals surface area contributed by atoms with Crippen LogP contribution in [0.1, 0.15) is 48.2 Å². The average Bonchev–Trinajstić information content (AvgIpc) is 2.81. The molecule has 0 saturated carbocycles. The maximum Gasteiger partial charge on any atom is 0.340 e. The van der Waals surface area contributed by atoms with Crippen LogP contribution in [-0.4, -0.2) is 26.4 Å². The van der Waals surface area contributed by atoms with Gasteiger partial charge in [-0.05, 0) is 67.3 Å². The highest BCUT2D eigenvalue weighted by Crippen LogP contribution is 2.31. The van der Waals surface area contributed by atoms with Gasteiger partial charge in [-0.3, -0.25) is 9.52 Å². The fourth-order valence-electron chi connectivity index (χ4n) is 3.46. The molecule has 11 heteroatoms. The third-order valence-corrected chi connectivity index (χ3v) is 7.61. The smallest absolute Gasteiger partial charge is 0.340 e. The van der Waals surface area contributed by atoms with Crippen LogP contribution < -0.4 is 10.0 Å². The Kier molecular flexibility index (Phi) is 8.84. The minimum atomic E-state index is -4.28. The molecule has 0 heterocycles. The number of carbonyl (C=O) groups is 2. The molecule has 0 spiro atoms. The van der Waals surface area contributed by atoms with Crippen molar-refractivity contribution in [2.75, 3.05) is 10.0 Å². The number of esters is 1. The lowest BCUT2D eigenvalue weighted by Crippen LogP contribution is -2.31. The van der Waals surface area contributed by atoms with Gasteiger partial charge >= 0.3 is 5.97 Å². The molecule has 3 aromatic carbocycles. The molecule has 2 N–H and O–H groups in total. The van der Waals surface area contributed by atoms with Gasteiger partial charge in [0.15, 0.2) is 6.10 Å². The quantitative estimate of drug-likeness (QED) is 0.301. The summed E-state index contributed by atoms with van der Waals surface area (Å²) in [5.74, 6) is -1.99. The molecule has 3 aromatic rings. The Morgan fingerprint density at radius 1 is 0.973 bits per heavy atom. The van der Waals surface area contributed by atoms with Crippen LogP contribution in [0.2, 0.25) is 10.0 Å². The Morgan fingerprint density at radius 3 is 2.24 bits per heavy atom. The largest absolute Gasteiger partial charge is 0.449 e. The topological polar surface area (TPSA) is 102 Å². The van der Waals surface area contributed by atoms with Crippen molar-refractivity contribution >= 4 is 56.5 Å². The molecular formula is C26H25Cl2FN2O5S. The second kappa shape index (κ2) is 11.5. The van der Waals surface area contributed by atoms with E-state index in [-0.39, 0.29) is 27.2 Å². The zero-order chi connectivity index (χ0) is 27.5. The predicted octanol–water partition coefficient (Wildman–Crippen LogP) is 6.55. The van der Waals surface area contributed by atoms with E-state index in [4.69, 9.17) is 27.9 Å². The number of halogens is 3. The van der Waals surface area contributed by atoms with E-state index in [1.807, 2.05) is 39.0 Å². The number of hydrogen-bond acceptors (Lipinski definition) is 5. The Hall–Kier alpha value is -3.14. The molecule has 37 heavy (non-hydrogen) atoms. The second-order valence-corrected chi connectivity index (χ2v) is 11.1. The number of rotatable bonds is 8. The molecule has 196 valence electrons. The molecule has 0 aliphatic carbocycles. The summed E-state index contributed by atoms with van der Waals surface area (Å²) in [4.78, 5) is 25.2. The zero-order valence-corrected chi connectivity index (χ0v) is 22.8. The summed E-state index contributed by atoms with van der Waals surface area (Å²) in [6.07, 6.45) is -1.23. The van der Waals surface area contributed by atoms with E-state index in [0.29, 0.717) is 5.69 Å². The van der Waals surface area contributed by atoms with E-state index < -0.39 is 38.7 Å². The average molecular weight is 567 g/mol. The molecule has 0 fully saturated rings. The molecule has 0 saturated heterocycles. The van der Waals surface area contributed by atoms with E-state index in [0.717, 1.165) is 35.4 Å². The van der Waals surface area contributed by atoms with Gasteiger partial charge in [-0.25, -0.2) is 17.6 Å². The van der Waals surface area contributed by atoms with Gasteiger partial charge in [0.25, 0.3) is 15.9 Å². The van der Waals surface area contributed by atoms with E-state index in [1.54, 1.807) is 0 Å². The second-order valence-electron chi connectivity index (χ2n) is 8.61. The number of amides is 1. The summed E-state index contributed by atoms with van der Waals surface area (Å²) < 4.78 is 46.5. The summed E-state index contributed by atoms with van der Waals surface area (Å²) in [5, 5.41) is 2.39. The summed E-state index contributed by atoms with van der Waals surface area (Å²) in [6, 6.07) is 12.3. The lowest BCUT2D eigenvalue weighted by atomic mass is 9.98. The standard InChI is InChI=1S/C26H25Cl2FN2O5S/c1-14(2)19-7-5-6-15(3)24(19)30-25(32)16(4)36-26(33)20-12-23(22(28)13-21(20)27)37(34,35)31-18-10-8-17(29)9-11-18/h5-14,16,31H,1-4H3,(H,30,32)/t16-/m1/s1. The normalized spacial score (nSPS) is 12.2. The van der Waals surface area contributed by atoms with Crippen LogP contribution in [0.25, 0.3) is 0 Å². The number of anilines is 2. The van der Waals surface area contributed by atoms with Crippen molar-refractivity contribution in [1.82, 2.24) is 0 Å². The third-order valence-electron chi connectivity index (χ3n) is 5.46. The lowest BCUT2D eigenvalue weighted by molar-refractivity contribution is -0.123. The number of ether oxygens (including phenoxy) is 1. The van der Waals surface area contributed by atoms with Gasteiger partial charge in [0.05, 0.1) is 15.6 Å². The van der Waals surface area contributed by atoms with Crippen molar-refractivity contribution in [3.05, 3.63) is 87.2 Å². The fraction of sp³-hybridized carbons (Fsp3) is 0.231. The number of para-hydroxylation sites is 1. The van der Waals surface area contributed by atoms with Crippen molar-refractivity contribution in [1.29, 1.82) is 0 Å². The fourth-order valence-corrected chi connectivity index (χ4v) is 5.37. The van der Waals surface area contributed by atoms with Crippen LogP contribution in [0.4, 0.5) is 15.8 Å². The van der Waals surface area contributed by atoms with Crippen molar-refractivity contribution in [2.24, 2.45) is 0 Å². The van der Waals surface area contributed by atoms with Crippen LogP contribution in [0, 0.1) is 12.7 Å². The first-order valence-corrected chi connectivity index (χ1v) is 13.4. The van der Waals surface area contributed by atoms with E-state index >= 15 is 0 Å². The molecule has 7 nitrogen and oxygen atoms in total. The highest BCUT2D eigenvalue weighted by atomic mass is 35.5. The lowest BCUT2D eigenvalue weighted by Gasteiger charge is -2.19. The number of nitrogens with one attached hydrogen (secondary N) is 2. The van der Waals surface area contributed by atoms with Crippen molar-refractivity contribution < 1.29 is 27.1 Å². The van der Waals surface area contributed by atoms with Crippen molar-refractivity contribution in [3.8, 4) is 0 Å². The minimum absolute atomic E-state index is 0.0822. The number of hydrogen-bond donors (Lipinski definition) is 2. The predicted molar refractivity (Wildman–Crippen MR) is 142 cm³/mol. The zero-order valence-electron chi connectivity index (χ0n) is 20.4. The van der Waals surface area contributed by atoms with Gasteiger partial charge in [0, 0.05) is 11.4 Å². The third kappa shape index (κ3) is 6.80. The van der Waals surface area contributed by atoms with Crippen LogP contribution >= 0.6 is 23.2 Å². The van der Waals surface area contributed by atoms with Crippen LogP contribution in [0.15, 0.2) is 59.5 Å². The maximum atomic E-state index is 13.2. The number of sulfonamides is 1. The van der Waals surface area contributed by atoms with E-state index in [1.165, 1.54) is 19.1 Å². The van der Waals surface area contributed by atoms with E-state index in [9.17, 15) is 22.4 Å². The van der Waals surface area contributed by atoms with Gasteiger partial charge in [0.2, 0.25) is 0 Å². The Balaban J connectivity index is 1.82. The first-order valence-electron chi connectivity index (χ1n) is 11.2. The number of benzene rings is 3. The summed E-state index contributed by atoms with van der Waals surface area (Å²) >= 11 is 12.3. The first kappa shape index (κ1) is 28.4. The minimum Gasteiger partial charge on any atom is -0.449 e. The van der Waals surface area contributed by atoms with Crippen molar-refractivity contribution in [2.45, 2.75) is 44.6 Å². The van der Waals surface area contributed by atoms with Crippen LogP contribution in [0.5, 0.6) is 0 Å². The molecule has 0 aliphatic rings. The van der Waals surface area contributed by atoms with E-state index in [2.05, 4.69) is 10.0 Å². The highest BCUT2D eigenvalue weighted by molar-refractivity contribution is 7.92. The number of carbonyl (C=O) groups excluding carboxylic acids is 2. The molecule has 0 radical (unpaired) electrons. The Morgan fingerprint density at radius 2 is 1.62 bits per heavy atom. The number of aryl methyl sites for hydroxylation is 1. The van der Waals surface area contributed by atoms with Gasteiger partial charge in [-0.1, -0.05) is 55.2 Å². The SMILES string of the molecule is Cc1cccc(C(C)C)c1NC(=O)[C@@H](C)OC(=O)c1cc(S(=O)(=O)Nc2ccc(F)cc2)c(Cl)cc1Cl. The summed E-state index contributed by atoms with van der Waals surface area (Å²) in [5.41, 5.74) is 2.19. The molecule has 0 aromatic heterocycles. The monoisotopic (exact) mass is 566 g/mol. The summed E-state index contributed by atoms with van der Waals surface area (Å²) in [6.45, 7) is 7.23. The van der Waals surface area contributed by atoms with Crippen LogP contribution in [0.3, 0.4) is 0 Å². The molecule has 1 amide bonds. The van der Waals surface area contributed by atoms with Gasteiger partial charge in [-0.2, -0.15) is 0 Å². The van der Waals surface area contributed by atoms with Gasteiger partial charge in [-0.15, -0.1) is 0 Å². The van der Waals surface area contributed by atoms with Gasteiger partial charge < -0.3 is 10.1 Å². The maximum absolute atomic E-state index is 13.2. The molecule has 3 rings (SSSR count). The Labute approximate surface area is 225 Å². The summed E-state index contributed by atoms with van der Waals surface area (Å²) in [7, 11) is -4.28. The van der Waals surface area contributed by atoms with Gasteiger partial charge in [0.1, 0.15) is 10.7 Å². The first-order chi connectivity index (χ1) is 17.3. The highest BCUT2D eigenvalue weighted by Gasteiger charge is 2.26. The Bertz CT molecular complexity index is 1440. The molecule has 0 bridgehead atoms. The molecule has 0 aliphatic heterocycles. The van der Waals surface area contributed by atoms with Crippen molar-refractivity contribution in [3.63, 3.8) is 0 Å². The molecular weight excluding hydrogens is 542 g/mol. The van der Waals surface area contributed by atoms with Crippen LogP contribution in [-0.2, 0) is 19.6 Å².